The van der Waals surface area contributed by atoms with Gasteiger partial charge in [-0.05, 0) is 31.1 Å². The molecule has 0 aromatic carbocycles. The number of nitrogens with two attached hydrogens (primary N) is 1. The third-order valence-corrected chi connectivity index (χ3v) is 3.95. The summed E-state index contributed by atoms with van der Waals surface area (Å²) in [6.45, 7) is 7.20. The van der Waals surface area contributed by atoms with Crippen LogP contribution in [-0.4, -0.2) is 30.1 Å². The third-order valence-electron chi connectivity index (χ3n) is 3.95. The Hall–Kier alpha value is -0.0800. The zero-order valence-electron chi connectivity index (χ0n) is 9.63. The quantitative estimate of drug-likeness (QED) is 0.695. The Morgan fingerprint density at radius 2 is 2.07 bits per heavy atom. The van der Waals surface area contributed by atoms with Crippen LogP contribution < -0.4 is 5.73 Å². The normalized spacial score (nSPS) is 38.8. The lowest BCUT2D eigenvalue weighted by molar-refractivity contribution is 0.113. The molecule has 1 aliphatic carbocycles. The van der Waals surface area contributed by atoms with Gasteiger partial charge in [0.25, 0.3) is 0 Å². The van der Waals surface area contributed by atoms with Crippen molar-refractivity contribution in [3.63, 3.8) is 0 Å². The van der Waals surface area contributed by atoms with E-state index < -0.39 is 0 Å². The molecule has 0 amide bonds. The van der Waals surface area contributed by atoms with Gasteiger partial charge in [0.15, 0.2) is 0 Å². The van der Waals surface area contributed by atoms with E-state index >= 15 is 0 Å². The Balaban J connectivity index is 1.91. The fourth-order valence-electron chi connectivity index (χ4n) is 3.12. The summed E-state index contributed by atoms with van der Waals surface area (Å²) in [5.74, 6) is 0. The smallest absolute Gasteiger partial charge is 0.0180 e. The van der Waals surface area contributed by atoms with Crippen LogP contribution in [0.5, 0.6) is 0 Å². The van der Waals surface area contributed by atoms with Crippen LogP contribution in [0.25, 0.3) is 0 Å². The standard InChI is InChI=1S/C12H24N2/c1-12(2)6-3-4-11(8-12)14-7-5-10(13)9-14/h10-11H,3-9,13H2,1-2H3. The average Bonchev–Trinajstić information content (AvgIpc) is 2.50. The maximum absolute atomic E-state index is 5.96. The molecule has 1 saturated carbocycles. The molecule has 0 aromatic heterocycles. The van der Waals surface area contributed by atoms with Crippen molar-refractivity contribution < 1.29 is 0 Å². The molecule has 1 aliphatic heterocycles. The monoisotopic (exact) mass is 196 g/mol. The second kappa shape index (κ2) is 3.82. The molecule has 2 N–H and O–H groups in total. The minimum atomic E-state index is 0.444. The Labute approximate surface area is 87.8 Å². The van der Waals surface area contributed by atoms with E-state index in [2.05, 4.69) is 18.7 Å². The lowest BCUT2D eigenvalue weighted by atomic mass is 9.75. The van der Waals surface area contributed by atoms with Crippen molar-refractivity contribution in [2.75, 3.05) is 13.1 Å². The summed E-state index contributed by atoms with van der Waals surface area (Å²) in [5, 5.41) is 0. The summed E-state index contributed by atoms with van der Waals surface area (Å²) in [7, 11) is 0. The molecule has 0 radical (unpaired) electrons. The maximum Gasteiger partial charge on any atom is 0.0180 e. The highest BCUT2D eigenvalue weighted by molar-refractivity contribution is 4.89. The highest BCUT2D eigenvalue weighted by Crippen LogP contribution is 2.37. The van der Waals surface area contributed by atoms with Crippen LogP contribution in [0.2, 0.25) is 0 Å². The van der Waals surface area contributed by atoms with Crippen LogP contribution in [0.4, 0.5) is 0 Å². The first-order valence-electron chi connectivity index (χ1n) is 6.06. The van der Waals surface area contributed by atoms with Gasteiger partial charge in [-0.15, -0.1) is 0 Å². The highest BCUT2D eigenvalue weighted by atomic mass is 15.2. The van der Waals surface area contributed by atoms with Crippen molar-refractivity contribution in [2.45, 2.75) is 58.0 Å². The first kappa shape index (κ1) is 10.4. The first-order valence-corrected chi connectivity index (χ1v) is 6.06. The topological polar surface area (TPSA) is 29.3 Å². The molecule has 0 spiro atoms. The minimum absolute atomic E-state index is 0.444. The van der Waals surface area contributed by atoms with Crippen LogP contribution in [0.15, 0.2) is 0 Å². The molecular formula is C12H24N2. The SMILES string of the molecule is CC1(C)CCCC(N2CCC(N)C2)C1. The number of rotatable bonds is 1. The van der Waals surface area contributed by atoms with E-state index in [9.17, 15) is 0 Å². The van der Waals surface area contributed by atoms with Gasteiger partial charge in [0.1, 0.15) is 0 Å². The molecule has 2 unspecified atom stereocenters. The summed E-state index contributed by atoms with van der Waals surface area (Å²) in [6, 6.07) is 1.27. The summed E-state index contributed by atoms with van der Waals surface area (Å²) < 4.78 is 0. The Kier molecular flexibility index (Phi) is 2.85. The van der Waals surface area contributed by atoms with Crippen LogP contribution in [0.3, 0.4) is 0 Å². The lowest BCUT2D eigenvalue weighted by Crippen LogP contribution is -2.40. The van der Waals surface area contributed by atoms with Gasteiger partial charge in [0.2, 0.25) is 0 Å². The van der Waals surface area contributed by atoms with E-state index in [0.29, 0.717) is 11.5 Å². The molecule has 2 rings (SSSR count). The van der Waals surface area contributed by atoms with E-state index in [1.165, 1.54) is 38.6 Å². The first-order chi connectivity index (χ1) is 6.57. The van der Waals surface area contributed by atoms with Crippen molar-refractivity contribution >= 4 is 0 Å². The molecule has 2 fully saturated rings. The van der Waals surface area contributed by atoms with Crippen molar-refractivity contribution in [1.82, 2.24) is 4.90 Å². The largest absolute Gasteiger partial charge is 0.326 e. The number of likely N-dealkylation sites (tertiary alicyclic amines) is 1. The summed E-state index contributed by atoms with van der Waals surface area (Å²) in [4.78, 5) is 2.63. The van der Waals surface area contributed by atoms with Gasteiger partial charge in [-0.1, -0.05) is 20.3 Å². The van der Waals surface area contributed by atoms with Gasteiger partial charge in [0, 0.05) is 25.2 Å². The van der Waals surface area contributed by atoms with Crippen LogP contribution in [-0.2, 0) is 0 Å². The summed E-state index contributed by atoms with van der Waals surface area (Å²) >= 11 is 0. The van der Waals surface area contributed by atoms with E-state index in [1.54, 1.807) is 0 Å². The lowest BCUT2D eigenvalue weighted by Gasteiger charge is -2.39. The summed E-state index contributed by atoms with van der Waals surface area (Å²) in [6.07, 6.45) is 6.79. The van der Waals surface area contributed by atoms with Gasteiger partial charge in [-0.3, -0.25) is 4.90 Å². The fourth-order valence-corrected chi connectivity index (χ4v) is 3.12. The van der Waals surface area contributed by atoms with E-state index in [0.717, 1.165) is 12.6 Å². The molecule has 2 atom stereocenters. The van der Waals surface area contributed by atoms with Crippen LogP contribution in [0.1, 0.15) is 46.0 Å². The molecule has 0 aromatic rings. The molecule has 1 heterocycles. The van der Waals surface area contributed by atoms with Gasteiger partial charge < -0.3 is 5.73 Å². The van der Waals surface area contributed by atoms with Crippen molar-refractivity contribution in [1.29, 1.82) is 0 Å². The fraction of sp³-hybridized carbons (Fsp3) is 1.00. The molecule has 0 bridgehead atoms. The van der Waals surface area contributed by atoms with E-state index in [1.807, 2.05) is 0 Å². The molecule has 82 valence electrons. The minimum Gasteiger partial charge on any atom is -0.326 e. The Morgan fingerprint density at radius 3 is 2.64 bits per heavy atom. The predicted octanol–water partition coefficient (Wildman–Crippen LogP) is 1.99. The number of hydrogen-bond acceptors (Lipinski definition) is 2. The highest BCUT2D eigenvalue weighted by Gasteiger charge is 2.33. The van der Waals surface area contributed by atoms with Crippen LogP contribution in [0, 0.1) is 5.41 Å². The second-order valence-corrected chi connectivity index (χ2v) is 5.96. The molecule has 2 aliphatic rings. The second-order valence-electron chi connectivity index (χ2n) is 5.96. The van der Waals surface area contributed by atoms with Gasteiger partial charge in [-0.25, -0.2) is 0 Å². The molecule has 14 heavy (non-hydrogen) atoms. The number of hydrogen-bond donors (Lipinski definition) is 1. The molecule has 2 heteroatoms. The van der Waals surface area contributed by atoms with Crippen LogP contribution >= 0.6 is 0 Å². The van der Waals surface area contributed by atoms with Gasteiger partial charge in [0.05, 0.1) is 0 Å². The maximum atomic E-state index is 5.96. The summed E-state index contributed by atoms with van der Waals surface area (Å²) in [5.41, 5.74) is 6.52. The van der Waals surface area contributed by atoms with E-state index in [4.69, 9.17) is 5.73 Å². The molecule has 1 saturated heterocycles. The number of nitrogens with zero attached hydrogens (tertiary/aromatic N) is 1. The Bertz CT molecular complexity index is 200. The van der Waals surface area contributed by atoms with Gasteiger partial charge in [-0.2, -0.15) is 0 Å². The Morgan fingerprint density at radius 1 is 1.29 bits per heavy atom. The predicted molar refractivity (Wildman–Crippen MR) is 60.2 cm³/mol. The average molecular weight is 196 g/mol. The van der Waals surface area contributed by atoms with E-state index in [-0.39, 0.29) is 0 Å². The third kappa shape index (κ3) is 2.29. The van der Waals surface area contributed by atoms with Crippen molar-refractivity contribution in [3.05, 3.63) is 0 Å². The van der Waals surface area contributed by atoms with Gasteiger partial charge >= 0.3 is 0 Å². The molecule has 2 nitrogen and oxygen atoms in total. The van der Waals surface area contributed by atoms with Crippen molar-refractivity contribution in [3.8, 4) is 0 Å². The molecular weight excluding hydrogens is 172 g/mol. The van der Waals surface area contributed by atoms with Crippen molar-refractivity contribution in [2.24, 2.45) is 11.1 Å². The zero-order chi connectivity index (χ0) is 10.2. The zero-order valence-corrected chi connectivity index (χ0v) is 9.63.